The molecule has 0 aliphatic heterocycles. The lowest BCUT2D eigenvalue weighted by Crippen LogP contribution is -2.19. The molecular formula is C22H18N6O4S. The van der Waals surface area contributed by atoms with Crippen LogP contribution in [0.5, 0.6) is 0 Å². The van der Waals surface area contributed by atoms with Crippen molar-refractivity contribution in [3.05, 3.63) is 75.8 Å². The standard InChI is InChI=1S/C22H18N6O4S/c1-2-5-13-10-20(29)25-22(23-13)28-19(12-14(26-28)18-7-4-9-33-18)24-21(30)15-11-17(32-27-15)16-6-3-8-31-16/h3-4,6-12H,2,5H2,1H3,(H,24,30)(H,23,25,29). The number of hydrogen-bond donors (Lipinski definition) is 2. The summed E-state index contributed by atoms with van der Waals surface area (Å²) in [4.78, 5) is 33.2. The van der Waals surface area contributed by atoms with Crippen molar-refractivity contribution in [1.82, 2.24) is 24.9 Å². The Hall–Kier alpha value is -4.25. The number of aromatic amines is 1. The molecule has 0 aromatic carbocycles. The highest BCUT2D eigenvalue weighted by molar-refractivity contribution is 7.13. The molecule has 2 N–H and O–H groups in total. The lowest BCUT2D eigenvalue weighted by atomic mass is 10.2. The Bertz CT molecular complexity index is 1450. The number of anilines is 1. The van der Waals surface area contributed by atoms with Gasteiger partial charge in [0.15, 0.2) is 11.5 Å². The van der Waals surface area contributed by atoms with Crippen LogP contribution in [0, 0.1) is 0 Å². The molecule has 0 saturated heterocycles. The zero-order valence-electron chi connectivity index (χ0n) is 17.4. The summed E-state index contributed by atoms with van der Waals surface area (Å²) >= 11 is 1.51. The van der Waals surface area contributed by atoms with Crippen LogP contribution in [0.4, 0.5) is 5.82 Å². The first-order valence-corrected chi connectivity index (χ1v) is 11.0. The Kier molecular flexibility index (Phi) is 5.45. The highest BCUT2D eigenvalue weighted by Crippen LogP contribution is 2.28. The number of aryl methyl sites for hydroxylation is 1. The van der Waals surface area contributed by atoms with Crippen LogP contribution in [-0.4, -0.2) is 30.8 Å². The van der Waals surface area contributed by atoms with Crippen LogP contribution in [0.3, 0.4) is 0 Å². The minimum Gasteiger partial charge on any atom is -0.461 e. The van der Waals surface area contributed by atoms with Crippen molar-refractivity contribution in [2.45, 2.75) is 19.8 Å². The first kappa shape index (κ1) is 20.6. The monoisotopic (exact) mass is 462 g/mol. The molecule has 166 valence electrons. The van der Waals surface area contributed by atoms with E-state index in [0.29, 0.717) is 35.1 Å². The minimum atomic E-state index is -0.512. The molecule has 0 atom stereocenters. The third-order valence-electron chi connectivity index (χ3n) is 4.72. The van der Waals surface area contributed by atoms with Gasteiger partial charge in [-0.2, -0.15) is 9.78 Å². The fraction of sp³-hybridized carbons (Fsp3) is 0.136. The van der Waals surface area contributed by atoms with Crippen molar-refractivity contribution < 1.29 is 13.7 Å². The Morgan fingerprint density at radius 2 is 2.12 bits per heavy atom. The number of carbonyl (C=O) groups is 1. The topological polar surface area (TPSA) is 132 Å². The average Bonchev–Trinajstić information content (AvgIpc) is 3.60. The number of aromatic nitrogens is 5. The molecule has 0 saturated carbocycles. The molecule has 10 nitrogen and oxygen atoms in total. The quantitative estimate of drug-likeness (QED) is 0.371. The van der Waals surface area contributed by atoms with E-state index >= 15 is 0 Å². The molecule has 0 aliphatic rings. The molecule has 1 amide bonds. The van der Waals surface area contributed by atoms with Gasteiger partial charge in [-0.1, -0.05) is 24.6 Å². The first-order chi connectivity index (χ1) is 16.1. The van der Waals surface area contributed by atoms with Crippen molar-refractivity contribution in [1.29, 1.82) is 0 Å². The van der Waals surface area contributed by atoms with Gasteiger partial charge in [0.25, 0.3) is 11.5 Å². The van der Waals surface area contributed by atoms with E-state index in [1.165, 1.54) is 34.4 Å². The Morgan fingerprint density at radius 3 is 2.88 bits per heavy atom. The summed E-state index contributed by atoms with van der Waals surface area (Å²) < 4.78 is 11.9. The van der Waals surface area contributed by atoms with Crippen LogP contribution in [0.15, 0.2) is 67.8 Å². The van der Waals surface area contributed by atoms with E-state index in [-0.39, 0.29) is 17.2 Å². The predicted octanol–water partition coefficient (Wildman–Crippen LogP) is 4.14. The lowest BCUT2D eigenvalue weighted by Gasteiger charge is -2.08. The zero-order valence-corrected chi connectivity index (χ0v) is 18.3. The van der Waals surface area contributed by atoms with E-state index in [4.69, 9.17) is 8.94 Å². The van der Waals surface area contributed by atoms with Crippen LogP contribution < -0.4 is 10.9 Å². The molecular weight excluding hydrogens is 444 g/mol. The van der Waals surface area contributed by atoms with Gasteiger partial charge in [0.2, 0.25) is 11.7 Å². The summed E-state index contributed by atoms with van der Waals surface area (Å²) in [5.41, 5.74) is 1.03. The van der Waals surface area contributed by atoms with Gasteiger partial charge in [-0.05, 0) is 30.0 Å². The molecule has 5 aromatic rings. The fourth-order valence-corrected chi connectivity index (χ4v) is 3.93. The number of furan rings is 1. The van der Waals surface area contributed by atoms with Gasteiger partial charge < -0.3 is 14.3 Å². The smallest absolute Gasteiger partial charge is 0.279 e. The van der Waals surface area contributed by atoms with Crippen LogP contribution in [0.25, 0.3) is 28.0 Å². The molecule has 5 aromatic heterocycles. The van der Waals surface area contributed by atoms with Crippen LogP contribution in [0.2, 0.25) is 0 Å². The number of thiophene rings is 1. The van der Waals surface area contributed by atoms with E-state index in [0.717, 1.165) is 11.3 Å². The molecule has 5 rings (SSSR count). The lowest BCUT2D eigenvalue weighted by molar-refractivity contribution is 0.101. The molecule has 11 heteroatoms. The largest absolute Gasteiger partial charge is 0.461 e. The summed E-state index contributed by atoms with van der Waals surface area (Å²) in [7, 11) is 0. The number of amides is 1. The fourth-order valence-electron chi connectivity index (χ4n) is 3.25. The second kappa shape index (κ2) is 8.71. The molecule has 5 heterocycles. The van der Waals surface area contributed by atoms with Crippen molar-refractivity contribution >= 4 is 23.1 Å². The minimum absolute atomic E-state index is 0.0630. The van der Waals surface area contributed by atoms with Gasteiger partial charge in [0, 0.05) is 23.9 Å². The summed E-state index contributed by atoms with van der Waals surface area (Å²) in [6.07, 6.45) is 2.98. The van der Waals surface area contributed by atoms with Gasteiger partial charge >= 0.3 is 0 Å². The molecule has 0 fully saturated rings. The van der Waals surface area contributed by atoms with E-state index in [9.17, 15) is 9.59 Å². The number of H-pyrrole nitrogens is 1. The highest BCUT2D eigenvalue weighted by atomic mass is 32.1. The number of nitrogens with zero attached hydrogens (tertiary/aromatic N) is 4. The maximum atomic E-state index is 12.9. The number of hydrogen-bond acceptors (Lipinski definition) is 8. The maximum Gasteiger partial charge on any atom is 0.279 e. The van der Waals surface area contributed by atoms with Crippen molar-refractivity contribution in [2.24, 2.45) is 0 Å². The second-order valence-electron chi connectivity index (χ2n) is 7.12. The Morgan fingerprint density at radius 1 is 1.21 bits per heavy atom. The van der Waals surface area contributed by atoms with Crippen molar-refractivity contribution in [2.75, 3.05) is 5.32 Å². The third-order valence-corrected chi connectivity index (χ3v) is 5.61. The van der Waals surface area contributed by atoms with E-state index in [1.54, 1.807) is 18.2 Å². The number of nitrogens with one attached hydrogen (secondary N) is 2. The number of rotatable bonds is 7. The van der Waals surface area contributed by atoms with Gasteiger partial charge in [0.1, 0.15) is 11.5 Å². The summed E-state index contributed by atoms with van der Waals surface area (Å²) in [5.74, 6) is 0.808. The average molecular weight is 462 g/mol. The van der Waals surface area contributed by atoms with Gasteiger partial charge in [0.05, 0.1) is 11.1 Å². The molecule has 0 bridgehead atoms. The van der Waals surface area contributed by atoms with Crippen molar-refractivity contribution in [3.63, 3.8) is 0 Å². The maximum absolute atomic E-state index is 12.9. The second-order valence-corrected chi connectivity index (χ2v) is 8.07. The molecule has 0 unspecified atom stereocenters. The first-order valence-electron chi connectivity index (χ1n) is 10.2. The molecule has 0 spiro atoms. The Labute approximate surface area is 190 Å². The predicted molar refractivity (Wildman–Crippen MR) is 121 cm³/mol. The molecule has 0 aliphatic carbocycles. The third kappa shape index (κ3) is 4.26. The Balaban J connectivity index is 1.51. The van der Waals surface area contributed by atoms with Crippen molar-refractivity contribution in [3.8, 4) is 28.0 Å². The van der Waals surface area contributed by atoms with Gasteiger partial charge in [-0.15, -0.1) is 11.3 Å². The normalized spacial score (nSPS) is 11.1. The summed E-state index contributed by atoms with van der Waals surface area (Å²) in [6, 6.07) is 11.9. The summed E-state index contributed by atoms with van der Waals surface area (Å²) in [6.45, 7) is 2.01. The molecule has 33 heavy (non-hydrogen) atoms. The van der Waals surface area contributed by atoms with Crippen LogP contribution in [0.1, 0.15) is 29.5 Å². The van der Waals surface area contributed by atoms with Crippen LogP contribution in [-0.2, 0) is 6.42 Å². The SMILES string of the molecule is CCCc1cc(=O)[nH]c(-n2nc(-c3cccs3)cc2NC(=O)c2cc(-c3ccco3)on2)n1. The van der Waals surface area contributed by atoms with E-state index in [1.807, 2.05) is 24.4 Å². The van der Waals surface area contributed by atoms with E-state index in [2.05, 4.69) is 25.5 Å². The van der Waals surface area contributed by atoms with Gasteiger partial charge in [-0.25, -0.2) is 4.98 Å². The van der Waals surface area contributed by atoms with Gasteiger partial charge in [-0.3, -0.25) is 14.6 Å². The van der Waals surface area contributed by atoms with Crippen LogP contribution >= 0.6 is 11.3 Å². The summed E-state index contributed by atoms with van der Waals surface area (Å²) in [5, 5.41) is 13.1. The highest BCUT2D eigenvalue weighted by Gasteiger charge is 2.20. The number of carbonyl (C=O) groups excluding carboxylic acids is 1. The zero-order chi connectivity index (χ0) is 22.8. The molecule has 0 radical (unpaired) electrons. The van der Waals surface area contributed by atoms with E-state index < -0.39 is 5.91 Å².